The van der Waals surface area contributed by atoms with Gasteiger partial charge in [0.25, 0.3) is 0 Å². The molecular weight excluding hydrogens is 524 g/mol. The van der Waals surface area contributed by atoms with E-state index >= 15 is 0 Å². The number of nitrogens with zero attached hydrogens (tertiary/aromatic N) is 2. The van der Waals surface area contributed by atoms with Crippen molar-refractivity contribution in [2.45, 2.75) is 24.8 Å². The van der Waals surface area contributed by atoms with E-state index in [1.165, 1.54) is 12.8 Å². The van der Waals surface area contributed by atoms with Crippen LogP contribution in [0.2, 0.25) is 0 Å². The number of hydrogen-bond acceptors (Lipinski definition) is 2. The Morgan fingerprint density at radius 1 is 1.20 bits per heavy atom. The molecule has 1 rings (SSSR count). The van der Waals surface area contributed by atoms with Crippen LogP contribution in [0.3, 0.4) is 0 Å². The molecule has 15 heavy (non-hydrogen) atoms. The Bertz CT molecular complexity index is 221. The van der Waals surface area contributed by atoms with Crippen molar-refractivity contribution < 1.29 is 0 Å². The lowest BCUT2D eigenvalue weighted by atomic mass is 10.3. The molecule has 1 aliphatic heterocycles. The summed E-state index contributed by atoms with van der Waals surface area (Å²) in [6.45, 7) is 3.28. The first-order chi connectivity index (χ1) is 6.09. The van der Waals surface area contributed by atoms with E-state index in [0.717, 1.165) is 15.8 Å². The maximum atomic E-state index is 3.63. The normalized spacial score (nSPS) is 20.2. The van der Waals surface area contributed by atoms with E-state index in [-0.39, 0.29) is 39.0 Å². The molecule has 0 amide bonds. The minimum atomic E-state index is 0. The number of halogens is 5. The fraction of sp³-hybridized carbons (Fsp3) is 0.750. The zero-order valence-electron chi connectivity index (χ0n) is 8.54. The molecule has 2 nitrogen and oxygen atoms in total. The van der Waals surface area contributed by atoms with E-state index in [1.807, 2.05) is 0 Å². The molecule has 7 heteroatoms. The van der Waals surface area contributed by atoms with Gasteiger partial charge in [-0.3, -0.25) is 0 Å². The molecule has 0 N–H and O–H groups in total. The average molecular weight is 539 g/mol. The maximum absolute atomic E-state index is 3.63. The highest BCUT2D eigenvalue weighted by atomic mass is 79.9. The van der Waals surface area contributed by atoms with Crippen LogP contribution in [0.25, 0.3) is 0 Å². The fourth-order valence-electron chi connectivity index (χ4n) is 1.19. The lowest BCUT2D eigenvalue weighted by Crippen LogP contribution is -2.32. The SMILES string of the molecule is Br.Br.CCCCN1C(Br)=C(Br)N(C)C1Br. The van der Waals surface area contributed by atoms with E-state index in [2.05, 4.69) is 71.6 Å². The van der Waals surface area contributed by atoms with Crippen LogP contribution in [0.15, 0.2) is 9.21 Å². The van der Waals surface area contributed by atoms with E-state index in [0.29, 0.717) is 0 Å². The van der Waals surface area contributed by atoms with Crippen LogP contribution in [0.1, 0.15) is 19.8 Å². The van der Waals surface area contributed by atoms with Gasteiger partial charge in [-0.05, 0) is 54.2 Å². The number of unbranched alkanes of at least 4 members (excludes halogenated alkanes) is 1. The molecule has 1 unspecified atom stereocenters. The molecule has 1 atom stereocenters. The van der Waals surface area contributed by atoms with Crippen molar-refractivity contribution in [2.24, 2.45) is 0 Å². The molecular formula is C8H15Br5N2. The Morgan fingerprint density at radius 2 is 1.73 bits per heavy atom. The van der Waals surface area contributed by atoms with Crippen LogP contribution in [0.4, 0.5) is 0 Å². The molecule has 0 aromatic carbocycles. The van der Waals surface area contributed by atoms with Crippen molar-refractivity contribution in [3.63, 3.8) is 0 Å². The third kappa shape index (κ3) is 4.48. The highest BCUT2D eigenvalue weighted by Crippen LogP contribution is 2.37. The molecule has 0 aromatic heterocycles. The minimum Gasteiger partial charge on any atom is -0.337 e. The average Bonchev–Trinajstić information content (AvgIpc) is 2.30. The van der Waals surface area contributed by atoms with Gasteiger partial charge in [-0.2, -0.15) is 0 Å². The lowest BCUT2D eigenvalue weighted by molar-refractivity contribution is 0.261. The van der Waals surface area contributed by atoms with Crippen molar-refractivity contribution in [3.8, 4) is 0 Å². The Labute approximate surface area is 138 Å². The fourth-order valence-corrected chi connectivity index (χ4v) is 3.43. The zero-order chi connectivity index (χ0) is 10.0. The van der Waals surface area contributed by atoms with Gasteiger partial charge in [0.15, 0.2) is 5.08 Å². The van der Waals surface area contributed by atoms with Gasteiger partial charge in [0.2, 0.25) is 0 Å². The monoisotopic (exact) mass is 534 g/mol. The highest BCUT2D eigenvalue weighted by molar-refractivity contribution is 9.14. The first-order valence-electron chi connectivity index (χ1n) is 4.28. The molecule has 0 bridgehead atoms. The molecule has 0 saturated heterocycles. The third-order valence-corrected chi connectivity index (χ3v) is 5.47. The Balaban J connectivity index is 0. The first kappa shape index (κ1) is 19.1. The third-order valence-electron chi connectivity index (χ3n) is 2.06. The second kappa shape index (κ2) is 8.78. The van der Waals surface area contributed by atoms with Gasteiger partial charge in [-0.25, -0.2) is 0 Å². The van der Waals surface area contributed by atoms with Gasteiger partial charge in [-0.1, -0.05) is 13.3 Å². The Hall–Kier alpha value is 1.74. The zero-order valence-corrected chi connectivity index (χ0v) is 16.7. The standard InChI is InChI=1S/C8H13Br3N2.2BrH/c1-3-4-5-13-7(10)6(9)12(2)8(13)11;;/h8H,3-5H2,1-2H3;2*1H. The lowest BCUT2D eigenvalue weighted by Gasteiger charge is -2.26. The quantitative estimate of drug-likeness (QED) is 0.377. The van der Waals surface area contributed by atoms with Gasteiger partial charge in [0, 0.05) is 13.6 Å². The summed E-state index contributed by atoms with van der Waals surface area (Å²) in [4.78, 5) is 4.42. The van der Waals surface area contributed by atoms with Crippen LogP contribution in [-0.4, -0.2) is 28.5 Å². The van der Waals surface area contributed by atoms with Crippen LogP contribution < -0.4 is 0 Å². The van der Waals surface area contributed by atoms with Crippen molar-refractivity contribution in [1.82, 2.24) is 9.80 Å². The summed E-state index contributed by atoms with van der Waals surface area (Å²) < 4.78 is 2.23. The van der Waals surface area contributed by atoms with Gasteiger partial charge < -0.3 is 9.80 Å². The summed E-state index contributed by atoms with van der Waals surface area (Å²) in [6, 6.07) is 0. The summed E-state index contributed by atoms with van der Waals surface area (Å²) in [6.07, 6.45) is 2.43. The molecule has 0 aromatic rings. The Morgan fingerprint density at radius 3 is 2.07 bits per heavy atom. The summed E-state index contributed by atoms with van der Waals surface area (Å²) >= 11 is 10.7. The van der Waals surface area contributed by atoms with Crippen molar-refractivity contribution >= 4 is 81.8 Å². The largest absolute Gasteiger partial charge is 0.337 e. The van der Waals surface area contributed by atoms with Crippen LogP contribution >= 0.6 is 81.8 Å². The molecule has 0 radical (unpaired) electrons. The van der Waals surface area contributed by atoms with E-state index < -0.39 is 0 Å². The predicted octanol–water partition coefficient (Wildman–Crippen LogP) is 4.78. The van der Waals surface area contributed by atoms with E-state index in [4.69, 9.17) is 0 Å². The van der Waals surface area contributed by atoms with Crippen molar-refractivity contribution in [3.05, 3.63) is 9.21 Å². The molecule has 0 saturated carbocycles. The smallest absolute Gasteiger partial charge is 0.160 e. The van der Waals surface area contributed by atoms with Gasteiger partial charge in [-0.15, -0.1) is 34.0 Å². The first-order valence-corrected chi connectivity index (χ1v) is 6.78. The summed E-state index contributed by atoms with van der Waals surface area (Å²) in [5, 5.41) is 0.266. The van der Waals surface area contributed by atoms with Crippen molar-refractivity contribution in [2.75, 3.05) is 13.6 Å². The predicted molar refractivity (Wildman–Crippen MR) is 87.6 cm³/mol. The molecule has 0 aliphatic carbocycles. The van der Waals surface area contributed by atoms with E-state index in [1.54, 1.807) is 0 Å². The second-order valence-electron chi connectivity index (χ2n) is 3.05. The molecule has 0 spiro atoms. The van der Waals surface area contributed by atoms with Crippen LogP contribution in [0, 0.1) is 0 Å². The van der Waals surface area contributed by atoms with Crippen LogP contribution in [0.5, 0.6) is 0 Å². The second-order valence-corrected chi connectivity index (χ2v) is 5.37. The molecule has 1 heterocycles. The van der Waals surface area contributed by atoms with Crippen molar-refractivity contribution in [1.29, 1.82) is 0 Å². The topological polar surface area (TPSA) is 6.48 Å². The summed E-state index contributed by atoms with van der Waals surface area (Å²) in [5.74, 6) is 0. The van der Waals surface area contributed by atoms with Gasteiger partial charge >= 0.3 is 0 Å². The molecule has 0 fully saturated rings. The van der Waals surface area contributed by atoms with E-state index in [9.17, 15) is 0 Å². The van der Waals surface area contributed by atoms with Gasteiger partial charge in [0.1, 0.15) is 9.21 Å². The summed E-state index contributed by atoms with van der Waals surface area (Å²) in [7, 11) is 2.05. The molecule has 92 valence electrons. The highest BCUT2D eigenvalue weighted by Gasteiger charge is 2.31. The molecule has 1 aliphatic rings. The maximum Gasteiger partial charge on any atom is 0.160 e. The number of alkyl halides is 1. The summed E-state index contributed by atoms with van der Waals surface area (Å²) in [5.41, 5.74) is 0. The van der Waals surface area contributed by atoms with Crippen LogP contribution in [-0.2, 0) is 0 Å². The minimum absolute atomic E-state index is 0. The number of hydrogen-bond donors (Lipinski definition) is 0. The number of rotatable bonds is 3. The van der Waals surface area contributed by atoms with Gasteiger partial charge in [0.05, 0.1) is 0 Å². The Kier molecular flexibility index (Phi) is 11.2.